The van der Waals surface area contributed by atoms with Gasteiger partial charge in [-0.25, -0.2) is 9.48 Å². The number of aromatic nitrogens is 2. The topological polar surface area (TPSA) is 85.3 Å². The van der Waals surface area contributed by atoms with Gasteiger partial charge >= 0.3 is 12.0 Å². The lowest BCUT2D eigenvalue weighted by molar-refractivity contribution is 0.0568. The molecule has 144 valence electrons. The highest BCUT2D eigenvalue weighted by molar-refractivity contribution is 9.10. The SMILES string of the molecule is CCNC(=O)ONC(=O)c1cc(-c2ccc(Br)cc2)n(-c2ccc(Cl)cc2)n1. The highest BCUT2D eigenvalue weighted by Gasteiger charge is 2.18. The monoisotopic (exact) mass is 462 g/mol. The molecule has 3 aromatic rings. The average Bonchev–Trinajstić information content (AvgIpc) is 3.13. The van der Waals surface area contributed by atoms with E-state index >= 15 is 0 Å². The normalized spacial score (nSPS) is 10.4. The minimum absolute atomic E-state index is 0.0946. The first-order valence-corrected chi connectivity index (χ1v) is 9.52. The van der Waals surface area contributed by atoms with E-state index in [9.17, 15) is 9.59 Å². The van der Waals surface area contributed by atoms with Crippen LogP contribution in [0.4, 0.5) is 4.79 Å². The molecule has 0 fully saturated rings. The van der Waals surface area contributed by atoms with Gasteiger partial charge in [-0.15, -0.1) is 0 Å². The second-order valence-corrected chi connectivity index (χ2v) is 7.01. The van der Waals surface area contributed by atoms with Crippen molar-refractivity contribution in [2.24, 2.45) is 0 Å². The number of rotatable bonds is 4. The van der Waals surface area contributed by atoms with Gasteiger partial charge in [-0.3, -0.25) is 4.79 Å². The van der Waals surface area contributed by atoms with Crippen molar-refractivity contribution in [3.05, 3.63) is 69.8 Å². The maximum absolute atomic E-state index is 12.4. The van der Waals surface area contributed by atoms with Gasteiger partial charge in [0, 0.05) is 21.6 Å². The molecule has 0 radical (unpaired) electrons. The zero-order chi connectivity index (χ0) is 20.1. The fraction of sp³-hybridized carbons (Fsp3) is 0.105. The molecule has 28 heavy (non-hydrogen) atoms. The third-order valence-electron chi connectivity index (χ3n) is 3.71. The van der Waals surface area contributed by atoms with Gasteiger partial charge in [0.2, 0.25) is 0 Å². The van der Waals surface area contributed by atoms with Crippen molar-refractivity contribution < 1.29 is 14.4 Å². The molecule has 2 N–H and O–H groups in total. The summed E-state index contributed by atoms with van der Waals surface area (Å²) in [6.07, 6.45) is -0.749. The first-order valence-electron chi connectivity index (χ1n) is 8.35. The molecule has 0 spiro atoms. The quantitative estimate of drug-likeness (QED) is 0.564. The minimum atomic E-state index is -0.749. The van der Waals surface area contributed by atoms with Crippen LogP contribution in [-0.4, -0.2) is 28.3 Å². The van der Waals surface area contributed by atoms with E-state index in [1.165, 1.54) is 0 Å². The maximum Gasteiger partial charge on any atom is 0.431 e. The third kappa shape index (κ3) is 4.71. The molecule has 0 atom stereocenters. The van der Waals surface area contributed by atoms with E-state index in [0.29, 0.717) is 17.3 Å². The molecule has 7 nitrogen and oxygen atoms in total. The van der Waals surface area contributed by atoms with Crippen LogP contribution in [0.15, 0.2) is 59.1 Å². The molecule has 0 saturated heterocycles. The second kappa shape index (κ2) is 8.90. The summed E-state index contributed by atoms with van der Waals surface area (Å²) in [5.74, 6) is -0.641. The van der Waals surface area contributed by atoms with E-state index in [-0.39, 0.29) is 5.69 Å². The Morgan fingerprint density at radius 1 is 1.14 bits per heavy atom. The van der Waals surface area contributed by atoms with Gasteiger partial charge in [0.15, 0.2) is 5.69 Å². The summed E-state index contributed by atoms with van der Waals surface area (Å²) in [7, 11) is 0. The molecule has 0 aliphatic rings. The number of benzene rings is 2. The van der Waals surface area contributed by atoms with Crippen LogP contribution in [0, 0.1) is 0 Å². The molecule has 0 bridgehead atoms. The smallest absolute Gasteiger partial charge is 0.321 e. The Labute approximate surface area is 174 Å². The summed E-state index contributed by atoms with van der Waals surface area (Å²) in [6.45, 7) is 2.12. The Kier molecular flexibility index (Phi) is 6.33. The van der Waals surface area contributed by atoms with Crippen molar-refractivity contribution >= 4 is 39.5 Å². The lowest BCUT2D eigenvalue weighted by Gasteiger charge is -2.08. The summed E-state index contributed by atoms with van der Waals surface area (Å²) >= 11 is 9.38. The minimum Gasteiger partial charge on any atom is -0.321 e. The second-order valence-electron chi connectivity index (χ2n) is 5.66. The molecule has 2 aromatic carbocycles. The predicted molar refractivity (Wildman–Crippen MR) is 109 cm³/mol. The number of hydrogen-bond donors (Lipinski definition) is 2. The lowest BCUT2D eigenvalue weighted by Crippen LogP contribution is -2.33. The molecular formula is C19H16BrClN4O3. The summed E-state index contributed by atoms with van der Waals surface area (Å²) in [5.41, 5.74) is 4.46. The predicted octanol–water partition coefficient (Wildman–Crippen LogP) is 4.35. The van der Waals surface area contributed by atoms with Gasteiger partial charge in [-0.2, -0.15) is 10.6 Å². The number of nitrogens with one attached hydrogen (secondary N) is 2. The Morgan fingerprint density at radius 2 is 1.82 bits per heavy atom. The number of hydroxylamine groups is 1. The number of nitrogens with zero attached hydrogens (tertiary/aromatic N) is 2. The van der Waals surface area contributed by atoms with Crippen molar-refractivity contribution in [3.63, 3.8) is 0 Å². The maximum atomic E-state index is 12.4. The van der Waals surface area contributed by atoms with E-state index in [0.717, 1.165) is 15.7 Å². The van der Waals surface area contributed by atoms with Crippen LogP contribution in [0.3, 0.4) is 0 Å². The van der Waals surface area contributed by atoms with E-state index in [2.05, 4.69) is 36.7 Å². The standard InChI is InChI=1S/C19H16BrClN4O3/c1-2-22-19(27)28-24-18(26)16-11-17(12-3-5-13(20)6-4-12)25(23-16)15-9-7-14(21)8-10-15/h3-11H,2H2,1H3,(H,22,27)(H,24,26). The van der Waals surface area contributed by atoms with Gasteiger partial charge in [0.1, 0.15) is 0 Å². The summed E-state index contributed by atoms with van der Waals surface area (Å²) < 4.78 is 2.56. The van der Waals surface area contributed by atoms with Crippen LogP contribution in [0.2, 0.25) is 5.02 Å². The number of hydrogen-bond acceptors (Lipinski definition) is 4. The zero-order valence-electron chi connectivity index (χ0n) is 14.8. The van der Waals surface area contributed by atoms with Gasteiger partial charge in [-0.05, 0) is 49.4 Å². The first kappa shape index (κ1) is 19.9. The van der Waals surface area contributed by atoms with Gasteiger partial charge in [0.25, 0.3) is 0 Å². The lowest BCUT2D eigenvalue weighted by atomic mass is 10.1. The van der Waals surface area contributed by atoms with Crippen molar-refractivity contribution in [2.75, 3.05) is 6.54 Å². The van der Waals surface area contributed by atoms with Gasteiger partial charge < -0.3 is 10.2 Å². The van der Waals surface area contributed by atoms with E-state index in [1.54, 1.807) is 41.9 Å². The number of amides is 2. The van der Waals surface area contributed by atoms with E-state index in [4.69, 9.17) is 11.6 Å². The molecule has 3 rings (SSSR count). The number of carbonyl (C=O) groups excluding carboxylic acids is 2. The van der Waals surface area contributed by atoms with Crippen LogP contribution in [0.1, 0.15) is 17.4 Å². The van der Waals surface area contributed by atoms with E-state index < -0.39 is 12.0 Å². The Morgan fingerprint density at radius 3 is 2.46 bits per heavy atom. The Balaban J connectivity index is 1.95. The summed E-state index contributed by atoms with van der Waals surface area (Å²) in [4.78, 5) is 28.4. The molecular weight excluding hydrogens is 448 g/mol. The average molecular weight is 464 g/mol. The van der Waals surface area contributed by atoms with Crippen molar-refractivity contribution in [3.8, 4) is 16.9 Å². The van der Waals surface area contributed by atoms with E-state index in [1.807, 2.05) is 24.3 Å². The van der Waals surface area contributed by atoms with Crippen LogP contribution in [0.5, 0.6) is 0 Å². The highest BCUT2D eigenvalue weighted by atomic mass is 79.9. The molecule has 0 unspecified atom stereocenters. The molecule has 0 saturated carbocycles. The molecule has 0 aliphatic carbocycles. The van der Waals surface area contributed by atoms with Crippen molar-refractivity contribution in [2.45, 2.75) is 6.92 Å². The van der Waals surface area contributed by atoms with Crippen LogP contribution >= 0.6 is 27.5 Å². The van der Waals surface area contributed by atoms with Gasteiger partial charge in [0.05, 0.1) is 11.4 Å². The molecule has 2 amide bonds. The molecule has 1 aromatic heterocycles. The van der Waals surface area contributed by atoms with Gasteiger partial charge in [-0.1, -0.05) is 39.7 Å². The Bertz CT molecular complexity index is 924. The zero-order valence-corrected chi connectivity index (χ0v) is 17.1. The highest BCUT2D eigenvalue weighted by Crippen LogP contribution is 2.26. The largest absolute Gasteiger partial charge is 0.431 e. The van der Waals surface area contributed by atoms with Crippen LogP contribution < -0.4 is 10.8 Å². The number of halogens is 2. The summed E-state index contributed by atoms with van der Waals surface area (Å²) in [6, 6.07) is 16.3. The van der Waals surface area contributed by atoms with Crippen LogP contribution in [0.25, 0.3) is 16.9 Å². The van der Waals surface area contributed by atoms with Crippen molar-refractivity contribution in [1.82, 2.24) is 20.6 Å². The molecule has 1 heterocycles. The first-order chi connectivity index (χ1) is 13.5. The van der Waals surface area contributed by atoms with Crippen molar-refractivity contribution in [1.29, 1.82) is 0 Å². The fourth-order valence-electron chi connectivity index (χ4n) is 2.42. The number of carbonyl (C=O) groups is 2. The third-order valence-corrected chi connectivity index (χ3v) is 4.49. The molecule has 0 aliphatic heterocycles. The Hall–Kier alpha value is -2.84. The fourth-order valence-corrected chi connectivity index (χ4v) is 2.81. The molecule has 9 heteroatoms. The van der Waals surface area contributed by atoms with Crippen LogP contribution in [-0.2, 0) is 4.84 Å². The summed E-state index contributed by atoms with van der Waals surface area (Å²) in [5, 5.41) is 7.38.